The molecule has 2 heterocycles. The van der Waals surface area contributed by atoms with Gasteiger partial charge in [-0.1, -0.05) is 55.0 Å². The topological polar surface area (TPSA) is 72.3 Å². The Kier molecular flexibility index (Phi) is 5.96. The zero-order chi connectivity index (χ0) is 22.0. The molecular formula is C24H27N3O3S. The first kappa shape index (κ1) is 21.3. The number of aryl methyl sites for hydroxylation is 1. The first-order chi connectivity index (χ1) is 14.9. The van der Waals surface area contributed by atoms with E-state index < -0.39 is 9.84 Å². The van der Waals surface area contributed by atoms with Gasteiger partial charge in [0.1, 0.15) is 5.69 Å². The van der Waals surface area contributed by atoms with Gasteiger partial charge in [-0.15, -0.1) is 0 Å². The molecular weight excluding hydrogens is 410 g/mol. The summed E-state index contributed by atoms with van der Waals surface area (Å²) in [5.74, 6) is 0.00623. The van der Waals surface area contributed by atoms with Gasteiger partial charge >= 0.3 is 0 Å². The first-order valence-electron chi connectivity index (χ1n) is 10.6. The minimum atomic E-state index is -3.09. The largest absolute Gasteiger partial charge is 0.335 e. The minimum Gasteiger partial charge on any atom is -0.335 e. The van der Waals surface area contributed by atoms with Gasteiger partial charge in [0, 0.05) is 24.3 Å². The number of hydrogen-bond acceptors (Lipinski definition) is 4. The van der Waals surface area contributed by atoms with Crippen molar-refractivity contribution in [3.63, 3.8) is 0 Å². The molecule has 1 unspecified atom stereocenters. The Bertz CT molecular complexity index is 1170. The number of carbonyl (C=O) groups is 1. The van der Waals surface area contributed by atoms with E-state index in [0.717, 1.165) is 23.2 Å². The smallest absolute Gasteiger partial charge is 0.257 e. The number of nitrogens with zero attached hydrogens (tertiary/aromatic N) is 3. The maximum Gasteiger partial charge on any atom is 0.257 e. The molecule has 1 fully saturated rings. The van der Waals surface area contributed by atoms with E-state index in [1.54, 1.807) is 15.8 Å². The molecule has 1 aliphatic rings. The van der Waals surface area contributed by atoms with E-state index in [9.17, 15) is 13.2 Å². The molecule has 0 saturated carbocycles. The molecule has 2 aromatic carbocycles. The molecule has 0 spiro atoms. The van der Waals surface area contributed by atoms with Crippen molar-refractivity contribution in [1.29, 1.82) is 0 Å². The van der Waals surface area contributed by atoms with Gasteiger partial charge in [0.05, 0.1) is 22.8 Å². The van der Waals surface area contributed by atoms with Crippen molar-refractivity contribution >= 4 is 15.7 Å². The molecule has 1 aliphatic heterocycles. The lowest BCUT2D eigenvalue weighted by atomic mass is 10.0. The fraction of sp³-hybridized carbons (Fsp3) is 0.333. The van der Waals surface area contributed by atoms with Crippen LogP contribution in [0.3, 0.4) is 0 Å². The normalized spacial score (nSPS) is 17.5. The molecule has 3 aromatic rings. The van der Waals surface area contributed by atoms with Gasteiger partial charge in [0.15, 0.2) is 9.84 Å². The van der Waals surface area contributed by atoms with Gasteiger partial charge in [-0.25, -0.2) is 13.1 Å². The second-order valence-corrected chi connectivity index (χ2v) is 10.3. The van der Waals surface area contributed by atoms with E-state index in [1.165, 1.54) is 0 Å². The Morgan fingerprint density at radius 1 is 1.13 bits per heavy atom. The highest BCUT2D eigenvalue weighted by molar-refractivity contribution is 7.91. The monoisotopic (exact) mass is 437 g/mol. The summed E-state index contributed by atoms with van der Waals surface area (Å²) in [4.78, 5) is 15.4. The van der Waals surface area contributed by atoms with Gasteiger partial charge in [-0.2, -0.15) is 5.10 Å². The third-order valence-corrected chi connectivity index (χ3v) is 7.42. The Hall–Kier alpha value is -2.93. The van der Waals surface area contributed by atoms with Crippen LogP contribution in [0.15, 0.2) is 60.8 Å². The average molecular weight is 438 g/mol. The van der Waals surface area contributed by atoms with Crippen LogP contribution in [0.5, 0.6) is 0 Å². The Morgan fingerprint density at radius 3 is 2.45 bits per heavy atom. The highest BCUT2D eigenvalue weighted by Crippen LogP contribution is 2.28. The number of rotatable bonds is 6. The highest BCUT2D eigenvalue weighted by Gasteiger charge is 2.36. The number of aromatic nitrogens is 2. The molecule has 162 valence electrons. The van der Waals surface area contributed by atoms with Crippen molar-refractivity contribution in [1.82, 2.24) is 14.7 Å². The van der Waals surface area contributed by atoms with Crippen LogP contribution in [-0.4, -0.2) is 53.1 Å². The molecule has 7 heteroatoms. The molecule has 1 atom stereocenters. The van der Waals surface area contributed by atoms with E-state index in [1.807, 2.05) is 68.4 Å². The molecule has 0 aliphatic carbocycles. The maximum absolute atomic E-state index is 13.7. The summed E-state index contributed by atoms with van der Waals surface area (Å²) in [6.45, 7) is 4.53. The SMILES string of the molecule is CCCN(C(=O)c1cn(-c2ccccc2)nc1-c1ccc(C)cc1)C1CCS(=O)(=O)C1. The second kappa shape index (κ2) is 8.67. The Balaban J connectivity index is 1.78. The van der Waals surface area contributed by atoms with Crippen molar-refractivity contribution in [3.8, 4) is 16.9 Å². The summed E-state index contributed by atoms with van der Waals surface area (Å²) < 4.78 is 25.8. The van der Waals surface area contributed by atoms with Crippen LogP contribution in [0.25, 0.3) is 16.9 Å². The lowest BCUT2D eigenvalue weighted by Gasteiger charge is -2.27. The summed E-state index contributed by atoms with van der Waals surface area (Å²) in [5, 5.41) is 4.75. The van der Waals surface area contributed by atoms with Gasteiger partial charge in [0.25, 0.3) is 5.91 Å². The summed E-state index contributed by atoms with van der Waals surface area (Å²) in [6, 6.07) is 17.3. The van der Waals surface area contributed by atoms with Crippen LogP contribution >= 0.6 is 0 Å². The first-order valence-corrected chi connectivity index (χ1v) is 12.4. The number of benzene rings is 2. The zero-order valence-electron chi connectivity index (χ0n) is 17.9. The Morgan fingerprint density at radius 2 is 1.84 bits per heavy atom. The zero-order valence-corrected chi connectivity index (χ0v) is 18.7. The van der Waals surface area contributed by atoms with Crippen LogP contribution in [0.4, 0.5) is 0 Å². The van der Waals surface area contributed by atoms with Crippen molar-refractivity contribution in [2.24, 2.45) is 0 Å². The van der Waals surface area contributed by atoms with Crippen molar-refractivity contribution in [2.75, 3.05) is 18.1 Å². The molecule has 1 saturated heterocycles. The quantitative estimate of drug-likeness (QED) is 0.587. The second-order valence-electron chi connectivity index (χ2n) is 8.09. The van der Waals surface area contributed by atoms with Crippen LogP contribution in [0.1, 0.15) is 35.7 Å². The van der Waals surface area contributed by atoms with E-state index >= 15 is 0 Å². The third kappa shape index (κ3) is 4.56. The molecule has 6 nitrogen and oxygen atoms in total. The molecule has 1 aromatic heterocycles. The molecule has 0 radical (unpaired) electrons. The number of sulfone groups is 1. The Labute approximate surface area is 183 Å². The molecule has 0 bridgehead atoms. The van der Waals surface area contributed by atoms with E-state index in [0.29, 0.717) is 24.2 Å². The van der Waals surface area contributed by atoms with E-state index in [4.69, 9.17) is 5.10 Å². The van der Waals surface area contributed by atoms with Crippen molar-refractivity contribution in [2.45, 2.75) is 32.7 Å². The molecule has 1 amide bonds. The third-order valence-electron chi connectivity index (χ3n) is 5.66. The molecule has 31 heavy (non-hydrogen) atoms. The number of amides is 1. The van der Waals surface area contributed by atoms with Crippen LogP contribution < -0.4 is 0 Å². The standard InChI is InChI=1S/C24H27N3O3S/c1-3-14-26(21-13-15-31(29,30)17-21)24(28)22-16-27(20-7-5-4-6-8-20)25-23(22)19-11-9-18(2)10-12-19/h4-12,16,21H,3,13-15,17H2,1-2H3. The van der Waals surface area contributed by atoms with Crippen molar-refractivity contribution in [3.05, 3.63) is 71.9 Å². The van der Waals surface area contributed by atoms with E-state index in [-0.39, 0.29) is 23.5 Å². The summed E-state index contributed by atoms with van der Waals surface area (Å²) in [5.41, 5.74) is 3.95. The van der Waals surface area contributed by atoms with Gasteiger partial charge in [-0.3, -0.25) is 4.79 Å². The fourth-order valence-electron chi connectivity index (χ4n) is 4.03. The number of carbonyl (C=O) groups excluding carboxylic acids is 1. The van der Waals surface area contributed by atoms with Gasteiger partial charge in [-0.05, 0) is 31.9 Å². The van der Waals surface area contributed by atoms with Gasteiger partial charge < -0.3 is 4.90 Å². The van der Waals surface area contributed by atoms with Crippen LogP contribution in [-0.2, 0) is 9.84 Å². The predicted molar refractivity (Wildman–Crippen MR) is 122 cm³/mol. The van der Waals surface area contributed by atoms with Crippen molar-refractivity contribution < 1.29 is 13.2 Å². The summed E-state index contributed by atoms with van der Waals surface area (Å²) >= 11 is 0. The van der Waals surface area contributed by atoms with Crippen LogP contribution in [0.2, 0.25) is 0 Å². The summed E-state index contributed by atoms with van der Waals surface area (Å²) in [7, 11) is -3.09. The summed E-state index contributed by atoms with van der Waals surface area (Å²) in [6.07, 6.45) is 3.01. The molecule has 0 N–H and O–H groups in total. The van der Waals surface area contributed by atoms with Crippen LogP contribution in [0, 0.1) is 6.92 Å². The lowest BCUT2D eigenvalue weighted by molar-refractivity contribution is 0.0698. The number of hydrogen-bond donors (Lipinski definition) is 0. The minimum absolute atomic E-state index is 0.0332. The predicted octanol–water partition coefficient (Wildman–Crippen LogP) is 3.89. The number of para-hydroxylation sites is 1. The van der Waals surface area contributed by atoms with E-state index in [2.05, 4.69) is 0 Å². The highest BCUT2D eigenvalue weighted by atomic mass is 32.2. The van der Waals surface area contributed by atoms with Gasteiger partial charge in [0.2, 0.25) is 0 Å². The lowest BCUT2D eigenvalue weighted by Crippen LogP contribution is -2.41. The molecule has 4 rings (SSSR count). The maximum atomic E-state index is 13.7. The average Bonchev–Trinajstić information content (AvgIpc) is 3.36. The fourth-order valence-corrected chi connectivity index (χ4v) is 5.77.